The van der Waals surface area contributed by atoms with E-state index in [9.17, 15) is 4.79 Å². The molecule has 0 radical (unpaired) electrons. The number of carbonyl (C=O) groups is 1. The van der Waals surface area contributed by atoms with Crippen molar-refractivity contribution >= 4 is 11.7 Å². The maximum absolute atomic E-state index is 10.8. The van der Waals surface area contributed by atoms with Gasteiger partial charge in [0.25, 0.3) is 0 Å². The van der Waals surface area contributed by atoms with Gasteiger partial charge in [0.05, 0.1) is 0 Å². The van der Waals surface area contributed by atoms with E-state index in [0.717, 1.165) is 12.1 Å². The Hall–Kier alpha value is -1.58. The Morgan fingerprint density at radius 2 is 2.24 bits per heavy atom. The molecule has 0 saturated heterocycles. The maximum atomic E-state index is 10.8. The van der Waals surface area contributed by atoms with Crippen LogP contribution in [0.15, 0.2) is 18.3 Å². The number of nitrogens with one attached hydrogen (secondary N) is 1. The molecule has 0 aliphatic heterocycles. The van der Waals surface area contributed by atoms with Gasteiger partial charge in [-0.2, -0.15) is 0 Å². The van der Waals surface area contributed by atoms with E-state index in [1.54, 1.807) is 12.3 Å². The van der Waals surface area contributed by atoms with Gasteiger partial charge >= 0.3 is 5.97 Å². The van der Waals surface area contributed by atoms with E-state index in [0.29, 0.717) is 12.0 Å². The van der Waals surface area contributed by atoms with Crippen LogP contribution in [0.1, 0.15) is 43.1 Å². The van der Waals surface area contributed by atoms with E-state index in [4.69, 9.17) is 5.11 Å². The summed E-state index contributed by atoms with van der Waals surface area (Å²) >= 11 is 0. The van der Waals surface area contributed by atoms with Crippen LogP contribution in [0.3, 0.4) is 0 Å². The van der Waals surface area contributed by atoms with E-state index in [1.165, 1.54) is 19.3 Å². The Bertz CT molecular complexity index is 406. The zero-order chi connectivity index (χ0) is 12.3. The van der Waals surface area contributed by atoms with E-state index >= 15 is 0 Å². The van der Waals surface area contributed by atoms with Crippen LogP contribution >= 0.6 is 0 Å². The summed E-state index contributed by atoms with van der Waals surface area (Å²) < 4.78 is 0. The standard InChI is InChI=1S/C13H18N2O2/c1-9-4-2-3-5-11(9)15-10-6-7-14-12(8-10)13(16)17/h6-9,11H,2-5H2,1H3,(H,14,15)(H,16,17). The number of aromatic carboxylic acids is 1. The Morgan fingerprint density at radius 3 is 2.94 bits per heavy atom. The molecule has 2 N–H and O–H groups in total. The molecule has 2 rings (SSSR count). The topological polar surface area (TPSA) is 62.2 Å². The molecule has 1 fully saturated rings. The largest absolute Gasteiger partial charge is 0.477 e. The molecule has 0 aromatic carbocycles. The summed E-state index contributed by atoms with van der Waals surface area (Å²) in [7, 11) is 0. The van der Waals surface area contributed by atoms with Crippen molar-refractivity contribution in [3.05, 3.63) is 24.0 Å². The molecule has 1 saturated carbocycles. The number of rotatable bonds is 3. The molecule has 4 nitrogen and oxygen atoms in total. The van der Waals surface area contributed by atoms with Crippen molar-refractivity contribution < 1.29 is 9.90 Å². The van der Waals surface area contributed by atoms with Crippen LogP contribution in [0.4, 0.5) is 5.69 Å². The normalized spacial score (nSPS) is 24.3. The second kappa shape index (κ2) is 5.17. The van der Waals surface area contributed by atoms with Crippen LogP contribution in [-0.4, -0.2) is 22.1 Å². The summed E-state index contributed by atoms with van der Waals surface area (Å²) in [6.07, 6.45) is 6.49. The van der Waals surface area contributed by atoms with Crippen LogP contribution in [0, 0.1) is 5.92 Å². The van der Waals surface area contributed by atoms with Crippen molar-refractivity contribution in [1.29, 1.82) is 0 Å². The van der Waals surface area contributed by atoms with Crippen LogP contribution < -0.4 is 5.32 Å². The number of hydrogen-bond acceptors (Lipinski definition) is 3. The van der Waals surface area contributed by atoms with Crippen molar-refractivity contribution in [2.45, 2.75) is 38.6 Å². The summed E-state index contributed by atoms with van der Waals surface area (Å²) in [4.78, 5) is 14.6. The highest BCUT2D eigenvalue weighted by Gasteiger charge is 2.21. The van der Waals surface area contributed by atoms with Crippen molar-refractivity contribution in [1.82, 2.24) is 4.98 Å². The molecule has 1 aliphatic carbocycles. The Morgan fingerprint density at radius 1 is 1.47 bits per heavy atom. The molecule has 1 heterocycles. The molecule has 92 valence electrons. The maximum Gasteiger partial charge on any atom is 0.354 e. The number of carboxylic acids is 1. The third-order valence-corrected chi connectivity index (χ3v) is 3.44. The van der Waals surface area contributed by atoms with Crippen molar-refractivity contribution in [3.8, 4) is 0 Å². The zero-order valence-electron chi connectivity index (χ0n) is 10.0. The molecule has 4 heteroatoms. The number of anilines is 1. The Balaban J connectivity index is 2.07. The second-order valence-corrected chi connectivity index (χ2v) is 4.75. The highest BCUT2D eigenvalue weighted by molar-refractivity contribution is 5.86. The highest BCUT2D eigenvalue weighted by Crippen LogP contribution is 2.26. The first kappa shape index (κ1) is 11.9. The predicted octanol–water partition coefficient (Wildman–Crippen LogP) is 2.77. The van der Waals surface area contributed by atoms with Crippen LogP contribution in [-0.2, 0) is 0 Å². The van der Waals surface area contributed by atoms with E-state index < -0.39 is 5.97 Å². The quantitative estimate of drug-likeness (QED) is 0.844. The van der Waals surface area contributed by atoms with Crippen molar-refractivity contribution in [3.63, 3.8) is 0 Å². The lowest BCUT2D eigenvalue weighted by atomic mass is 9.86. The third-order valence-electron chi connectivity index (χ3n) is 3.44. The summed E-state index contributed by atoms with van der Waals surface area (Å²) in [5.74, 6) is -0.337. The summed E-state index contributed by atoms with van der Waals surface area (Å²) in [6.45, 7) is 2.25. The summed E-state index contributed by atoms with van der Waals surface area (Å²) in [5, 5.41) is 12.3. The van der Waals surface area contributed by atoms with Gasteiger partial charge in [-0.15, -0.1) is 0 Å². The molecule has 1 aromatic heterocycles. The molecule has 2 unspecified atom stereocenters. The molecule has 0 spiro atoms. The van der Waals surface area contributed by atoms with Crippen LogP contribution in [0.25, 0.3) is 0 Å². The lowest BCUT2D eigenvalue weighted by molar-refractivity contribution is 0.0690. The molecule has 0 bridgehead atoms. The molecule has 17 heavy (non-hydrogen) atoms. The van der Waals surface area contributed by atoms with E-state index in [1.807, 2.05) is 6.07 Å². The van der Waals surface area contributed by atoms with Gasteiger partial charge in [-0.1, -0.05) is 19.8 Å². The minimum Gasteiger partial charge on any atom is -0.477 e. The predicted molar refractivity (Wildman–Crippen MR) is 66.2 cm³/mol. The van der Waals surface area contributed by atoms with Gasteiger partial charge in [0.1, 0.15) is 5.69 Å². The van der Waals surface area contributed by atoms with Gasteiger partial charge < -0.3 is 10.4 Å². The highest BCUT2D eigenvalue weighted by atomic mass is 16.4. The van der Waals surface area contributed by atoms with Gasteiger partial charge in [-0.25, -0.2) is 9.78 Å². The fourth-order valence-corrected chi connectivity index (χ4v) is 2.38. The molecular formula is C13H18N2O2. The van der Waals surface area contributed by atoms with Gasteiger partial charge in [0, 0.05) is 17.9 Å². The first-order valence-corrected chi connectivity index (χ1v) is 6.12. The van der Waals surface area contributed by atoms with Crippen LogP contribution in [0.2, 0.25) is 0 Å². The van der Waals surface area contributed by atoms with Gasteiger partial charge in [-0.05, 0) is 30.9 Å². The van der Waals surface area contributed by atoms with Gasteiger partial charge in [-0.3, -0.25) is 0 Å². The number of hydrogen-bond donors (Lipinski definition) is 2. The van der Waals surface area contributed by atoms with E-state index in [2.05, 4.69) is 17.2 Å². The zero-order valence-corrected chi connectivity index (χ0v) is 10.0. The van der Waals surface area contributed by atoms with Gasteiger partial charge in [0.2, 0.25) is 0 Å². The fourth-order valence-electron chi connectivity index (χ4n) is 2.38. The number of nitrogens with zero attached hydrogens (tertiary/aromatic N) is 1. The minimum atomic E-state index is -0.981. The number of aromatic nitrogens is 1. The molecule has 0 amide bonds. The Labute approximate surface area is 101 Å². The third kappa shape index (κ3) is 2.96. The first-order chi connectivity index (χ1) is 8.16. The molecule has 2 atom stereocenters. The molecule has 1 aliphatic rings. The summed E-state index contributed by atoms with van der Waals surface area (Å²) in [6, 6.07) is 3.88. The Kier molecular flexibility index (Phi) is 3.61. The van der Waals surface area contributed by atoms with E-state index in [-0.39, 0.29) is 5.69 Å². The number of pyridine rings is 1. The lowest BCUT2D eigenvalue weighted by Crippen LogP contribution is -2.30. The number of carboxylic acid groups (broad SMARTS) is 1. The lowest BCUT2D eigenvalue weighted by Gasteiger charge is -2.30. The first-order valence-electron chi connectivity index (χ1n) is 6.12. The van der Waals surface area contributed by atoms with Crippen molar-refractivity contribution in [2.24, 2.45) is 5.92 Å². The monoisotopic (exact) mass is 234 g/mol. The molecular weight excluding hydrogens is 216 g/mol. The molecule has 1 aromatic rings. The average molecular weight is 234 g/mol. The smallest absolute Gasteiger partial charge is 0.354 e. The summed E-state index contributed by atoms with van der Waals surface area (Å²) in [5.41, 5.74) is 0.953. The van der Waals surface area contributed by atoms with Crippen LogP contribution in [0.5, 0.6) is 0 Å². The fraction of sp³-hybridized carbons (Fsp3) is 0.538. The average Bonchev–Trinajstić information content (AvgIpc) is 2.32. The second-order valence-electron chi connectivity index (χ2n) is 4.75. The minimum absolute atomic E-state index is 0.0958. The SMILES string of the molecule is CC1CCCCC1Nc1ccnc(C(=O)O)c1. The van der Waals surface area contributed by atoms with Gasteiger partial charge in [0.15, 0.2) is 0 Å². The van der Waals surface area contributed by atoms with Crippen molar-refractivity contribution in [2.75, 3.05) is 5.32 Å².